The van der Waals surface area contributed by atoms with Gasteiger partial charge in [0.2, 0.25) is 5.91 Å². The molecule has 1 amide bonds. The summed E-state index contributed by atoms with van der Waals surface area (Å²) in [6.07, 6.45) is 4.05. The van der Waals surface area contributed by atoms with Gasteiger partial charge in [0.15, 0.2) is 0 Å². The maximum absolute atomic E-state index is 10.0. The topological polar surface area (TPSA) is 43.1 Å². The number of hydrogen-bond acceptors (Lipinski definition) is 1. The molecule has 2 radical (unpaired) electrons. The summed E-state index contributed by atoms with van der Waals surface area (Å²) in [4.78, 5) is 10.0. The van der Waals surface area contributed by atoms with E-state index in [4.69, 9.17) is 5.73 Å². The maximum atomic E-state index is 10.0. The van der Waals surface area contributed by atoms with E-state index >= 15 is 0 Å². The first-order valence-corrected chi connectivity index (χ1v) is 2.69. The molecule has 8 heavy (non-hydrogen) atoms. The van der Waals surface area contributed by atoms with E-state index in [2.05, 4.69) is 6.92 Å². The Labute approximate surface area is 50.1 Å². The third-order valence-corrected chi connectivity index (χ3v) is 0.800. The molecule has 46 valence electrons. The lowest BCUT2D eigenvalue weighted by Crippen LogP contribution is -2.10. The zero-order valence-corrected chi connectivity index (χ0v) is 4.89. The molecule has 0 spiro atoms. The monoisotopic (exact) mass is 113 g/mol. The Bertz CT molecular complexity index is 70.9. The molecule has 0 bridgehead atoms. The van der Waals surface area contributed by atoms with Crippen molar-refractivity contribution < 1.29 is 4.79 Å². The Hall–Kier alpha value is -0.530. The number of primary amides is 1. The van der Waals surface area contributed by atoms with Crippen molar-refractivity contribution in [3.63, 3.8) is 0 Å². The van der Waals surface area contributed by atoms with Crippen molar-refractivity contribution in [2.45, 2.75) is 19.3 Å². The number of unbranched alkanes of at least 4 members (excludes halogenated alkanes) is 2. The van der Waals surface area contributed by atoms with Crippen LogP contribution in [-0.4, -0.2) is 5.91 Å². The van der Waals surface area contributed by atoms with E-state index in [0.717, 1.165) is 19.3 Å². The van der Waals surface area contributed by atoms with E-state index in [1.54, 1.807) is 0 Å². The highest BCUT2D eigenvalue weighted by Gasteiger charge is 1.91. The zero-order valence-electron chi connectivity index (χ0n) is 4.89. The minimum atomic E-state index is -0.335. The lowest BCUT2D eigenvalue weighted by Gasteiger charge is -1.90. The molecular weight excluding hydrogens is 102 g/mol. The van der Waals surface area contributed by atoms with Gasteiger partial charge < -0.3 is 5.73 Å². The van der Waals surface area contributed by atoms with Gasteiger partial charge in [-0.25, -0.2) is 0 Å². The molecule has 0 fully saturated rings. The largest absolute Gasteiger partial charge is 0.369 e. The van der Waals surface area contributed by atoms with Crippen LogP contribution in [0.5, 0.6) is 0 Å². The van der Waals surface area contributed by atoms with Crippen molar-refractivity contribution in [2.75, 3.05) is 0 Å². The maximum Gasteiger partial charge on any atom is 0.221 e. The van der Waals surface area contributed by atoms with Gasteiger partial charge in [0.05, 0.1) is 0 Å². The molecule has 0 aliphatic heterocycles. The zero-order chi connectivity index (χ0) is 6.41. The number of hydrogen-bond donors (Lipinski definition) is 1. The molecule has 2 heteroatoms. The highest BCUT2D eigenvalue weighted by Crippen LogP contribution is 1.94. The van der Waals surface area contributed by atoms with Gasteiger partial charge >= 0.3 is 0 Å². The average molecular weight is 113 g/mol. The number of nitrogens with two attached hydrogens (primary N) is 1. The van der Waals surface area contributed by atoms with Gasteiger partial charge in [0.25, 0.3) is 0 Å². The molecule has 0 aromatic heterocycles. The fourth-order valence-corrected chi connectivity index (χ4v) is 0.389. The van der Waals surface area contributed by atoms with Crippen LogP contribution < -0.4 is 5.73 Å². The standard InChI is InChI=1S/C6H11NO/c1-2-3-4-5-6(7)8/h5H,1-4H2,(H2,7,8). The number of carbonyl (C=O) groups excluding carboxylic acids is 1. The van der Waals surface area contributed by atoms with Gasteiger partial charge in [0.1, 0.15) is 0 Å². The molecule has 0 aliphatic carbocycles. The summed E-state index contributed by atoms with van der Waals surface area (Å²) in [5.74, 6) is -0.335. The Balaban J connectivity index is 2.82. The molecule has 2 N–H and O–H groups in total. The van der Waals surface area contributed by atoms with Crippen LogP contribution in [0.1, 0.15) is 19.3 Å². The molecule has 0 aromatic carbocycles. The summed E-state index contributed by atoms with van der Waals surface area (Å²) in [5, 5.41) is 0. The lowest BCUT2D eigenvalue weighted by atomic mass is 10.2. The third kappa shape index (κ3) is 5.47. The van der Waals surface area contributed by atoms with Crippen molar-refractivity contribution in [2.24, 2.45) is 5.73 Å². The Morgan fingerprint density at radius 2 is 2.38 bits per heavy atom. The van der Waals surface area contributed by atoms with Gasteiger partial charge in [-0.3, -0.25) is 4.79 Å². The lowest BCUT2D eigenvalue weighted by molar-refractivity contribution is -0.115. The summed E-state index contributed by atoms with van der Waals surface area (Å²) in [7, 11) is 0. The second-order valence-electron chi connectivity index (χ2n) is 1.60. The summed E-state index contributed by atoms with van der Waals surface area (Å²) < 4.78 is 0. The van der Waals surface area contributed by atoms with Crippen LogP contribution in [0.25, 0.3) is 0 Å². The van der Waals surface area contributed by atoms with Crippen molar-refractivity contribution >= 4 is 5.91 Å². The molecule has 0 heterocycles. The number of carbonyl (C=O) groups is 1. The van der Waals surface area contributed by atoms with Gasteiger partial charge in [-0.2, -0.15) is 0 Å². The van der Waals surface area contributed by atoms with Crippen LogP contribution in [-0.2, 0) is 4.79 Å². The molecule has 0 aromatic rings. The molecule has 0 unspecified atom stereocenters. The average Bonchev–Trinajstić information content (AvgIpc) is 1.66. The highest BCUT2D eigenvalue weighted by molar-refractivity contribution is 5.82. The quantitative estimate of drug-likeness (QED) is 0.535. The van der Waals surface area contributed by atoms with Crippen molar-refractivity contribution in [3.05, 3.63) is 13.3 Å². The minimum absolute atomic E-state index is 0.335. The Morgan fingerprint density at radius 3 is 2.75 bits per heavy atom. The van der Waals surface area contributed by atoms with Crippen LogP contribution in [0.2, 0.25) is 0 Å². The van der Waals surface area contributed by atoms with Crippen LogP contribution in [0.15, 0.2) is 0 Å². The van der Waals surface area contributed by atoms with Gasteiger partial charge in [-0.15, -0.1) is 0 Å². The van der Waals surface area contributed by atoms with E-state index in [9.17, 15) is 4.79 Å². The van der Waals surface area contributed by atoms with Gasteiger partial charge in [-0.1, -0.05) is 19.8 Å². The van der Waals surface area contributed by atoms with Crippen molar-refractivity contribution in [1.29, 1.82) is 0 Å². The first kappa shape index (κ1) is 7.47. The summed E-state index contributed by atoms with van der Waals surface area (Å²) >= 11 is 0. The number of amides is 1. The van der Waals surface area contributed by atoms with Crippen molar-refractivity contribution in [3.8, 4) is 0 Å². The SMILES string of the molecule is [CH2]CCC[CH]C(N)=O. The predicted octanol–water partition coefficient (Wildman–Crippen LogP) is 0.680. The fraction of sp³-hybridized carbons (Fsp3) is 0.500. The molecule has 0 rings (SSSR count). The predicted molar refractivity (Wildman–Crippen MR) is 32.7 cm³/mol. The van der Waals surface area contributed by atoms with E-state index in [1.807, 2.05) is 0 Å². The smallest absolute Gasteiger partial charge is 0.221 e. The molecule has 2 nitrogen and oxygen atoms in total. The van der Waals surface area contributed by atoms with Crippen LogP contribution in [0, 0.1) is 13.3 Å². The molecular formula is C6H11NO. The first-order valence-electron chi connectivity index (χ1n) is 2.69. The van der Waals surface area contributed by atoms with Gasteiger partial charge in [-0.05, 0) is 6.42 Å². The second kappa shape index (κ2) is 4.62. The normalized spacial score (nSPS) is 9.12. The van der Waals surface area contributed by atoms with Crippen LogP contribution in [0.4, 0.5) is 0 Å². The minimum Gasteiger partial charge on any atom is -0.369 e. The second-order valence-corrected chi connectivity index (χ2v) is 1.60. The molecule has 0 aliphatic rings. The highest BCUT2D eigenvalue weighted by atomic mass is 16.1. The van der Waals surface area contributed by atoms with E-state index < -0.39 is 0 Å². The van der Waals surface area contributed by atoms with Crippen molar-refractivity contribution in [1.82, 2.24) is 0 Å². The third-order valence-electron chi connectivity index (χ3n) is 0.800. The molecule has 0 saturated carbocycles. The Morgan fingerprint density at radius 1 is 1.75 bits per heavy atom. The molecule has 0 saturated heterocycles. The van der Waals surface area contributed by atoms with Crippen LogP contribution >= 0.6 is 0 Å². The van der Waals surface area contributed by atoms with Crippen LogP contribution in [0.3, 0.4) is 0 Å². The van der Waals surface area contributed by atoms with E-state index in [-0.39, 0.29) is 5.91 Å². The fourth-order valence-electron chi connectivity index (χ4n) is 0.389. The summed E-state index contributed by atoms with van der Waals surface area (Å²) in [5.41, 5.74) is 4.82. The summed E-state index contributed by atoms with van der Waals surface area (Å²) in [6, 6.07) is 0. The number of rotatable bonds is 4. The first-order chi connectivity index (χ1) is 3.77. The van der Waals surface area contributed by atoms with E-state index in [0.29, 0.717) is 0 Å². The Kier molecular flexibility index (Phi) is 4.32. The van der Waals surface area contributed by atoms with E-state index in [1.165, 1.54) is 6.42 Å². The summed E-state index contributed by atoms with van der Waals surface area (Å²) in [6.45, 7) is 3.61. The molecule has 0 atom stereocenters. The van der Waals surface area contributed by atoms with Gasteiger partial charge in [0, 0.05) is 6.42 Å².